The van der Waals surface area contributed by atoms with E-state index in [0.717, 1.165) is 5.56 Å². The first-order chi connectivity index (χ1) is 10.1. The van der Waals surface area contributed by atoms with Gasteiger partial charge in [0.1, 0.15) is 5.60 Å². The summed E-state index contributed by atoms with van der Waals surface area (Å²) in [4.78, 5) is 22.7. The zero-order valence-corrected chi connectivity index (χ0v) is 14.0. The van der Waals surface area contributed by atoms with E-state index < -0.39 is 23.6 Å². The molecule has 0 saturated carbocycles. The summed E-state index contributed by atoms with van der Waals surface area (Å²) in [5.74, 6) is -1.31. The lowest BCUT2D eigenvalue weighted by Gasteiger charge is -2.20. The van der Waals surface area contributed by atoms with Crippen molar-refractivity contribution in [2.45, 2.75) is 46.1 Å². The minimum Gasteiger partial charge on any atom is -0.481 e. The predicted molar refractivity (Wildman–Crippen MR) is 86.4 cm³/mol. The lowest BCUT2D eigenvalue weighted by atomic mass is 10.00. The Morgan fingerprint density at radius 1 is 1.36 bits per heavy atom. The molecule has 6 heteroatoms. The lowest BCUT2D eigenvalue weighted by Crippen LogP contribution is -2.27. The predicted octanol–water partition coefficient (Wildman–Crippen LogP) is 4.34. The summed E-state index contributed by atoms with van der Waals surface area (Å²) in [6.07, 6.45) is 0.403. The molecule has 0 aliphatic rings. The van der Waals surface area contributed by atoms with E-state index in [1.807, 2.05) is 0 Å². The highest BCUT2D eigenvalue weighted by Gasteiger charge is 2.18. The first kappa shape index (κ1) is 18.3. The van der Waals surface area contributed by atoms with E-state index in [4.69, 9.17) is 21.4 Å². The molecule has 1 amide bonds. The van der Waals surface area contributed by atoms with E-state index in [0.29, 0.717) is 23.6 Å². The number of carboxylic acid groups (broad SMARTS) is 1. The number of carbonyl (C=O) groups excluding carboxylic acids is 1. The van der Waals surface area contributed by atoms with Crippen molar-refractivity contribution in [3.63, 3.8) is 0 Å². The van der Waals surface area contributed by atoms with E-state index in [-0.39, 0.29) is 0 Å². The number of aliphatic carboxylic acids is 1. The van der Waals surface area contributed by atoms with Gasteiger partial charge in [-0.1, -0.05) is 18.5 Å². The fourth-order valence-electron chi connectivity index (χ4n) is 1.80. The van der Waals surface area contributed by atoms with Crippen LogP contribution in [0.3, 0.4) is 0 Å². The Labute approximate surface area is 135 Å². The number of benzene rings is 1. The van der Waals surface area contributed by atoms with Crippen molar-refractivity contribution in [2.75, 3.05) is 5.32 Å². The summed E-state index contributed by atoms with van der Waals surface area (Å²) in [6.45, 7) is 6.99. The second-order valence-electron chi connectivity index (χ2n) is 6.21. The van der Waals surface area contributed by atoms with Crippen LogP contribution in [0.1, 0.15) is 39.7 Å². The maximum atomic E-state index is 11.9. The van der Waals surface area contributed by atoms with Gasteiger partial charge in [0.2, 0.25) is 0 Å². The minimum absolute atomic E-state index is 0.457. The zero-order valence-electron chi connectivity index (χ0n) is 13.3. The molecule has 1 atom stereocenters. The standard InChI is InChI=1S/C16H22ClNO4/c1-10(14(19)20)5-6-11-9-12(17)7-8-13(11)18-15(21)22-16(2,3)4/h7-10H,5-6H2,1-4H3,(H,18,21)(H,19,20). The number of hydrogen-bond donors (Lipinski definition) is 2. The molecule has 0 radical (unpaired) electrons. The van der Waals surface area contributed by atoms with Crippen molar-refractivity contribution in [2.24, 2.45) is 5.92 Å². The van der Waals surface area contributed by atoms with Gasteiger partial charge >= 0.3 is 12.1 Å². The van der Waals surface area contributed by atoms with Gasteiger partial charge in [0.05, 0.1) is 5.92 Å². The minimum atomic E-state index is -0.844. The maximum absolute atomic E-state index is 11.9. The van der Waals surface area contributed by atoms with Crippen LogP contribution in [0.25, 0.3) is 0 Å². The Morgan fingerprint density at radius 2 is 2.00 bits per heavy atom. The third-order valence-corrected chi connectivity index (χ3v) is 3.21. The van der Waals surface area contributed by atoms with Crippen LogP contribution < -0.4 is 5.32 Å². The molecule has 0 saturated heterocycles. The summed E-state index contributed by atoms with van der Waals surface area (Å²) in [5.41, 5.74) is 0.775. The molecule has 122 valence electrons. The summed E-state index contributed by atoms with van der Waals surface area (Å²) >= 11 is 5.98. The molecular weight excluding hydrogens is 306 g/mol. The van der Waals surface area contributed by atoms with Crippen LogP contribution in [0.2, 0.25) is 5.02 Å². The number of ether oxygens (including phenoxy) is 1. The number of anilines is 1. The second-order valence-corrected chi connectivity index (χ2v) is 6.64. The highest BCUT2D eigenvalue weighted by atomic mass is 35.5. The number of nitrogens with one attached hydrogen (secondary N) is 1. The molecule has 0 aromatic heterocycles. The van der Waals surface area contributed by atoms with Gasteiger partial charge in [-0.15, -0.1) is 0 Å². The fourth-order valence-corrected chi connectivity index (χ4v) is 1.99. The van der Waals surface area contributed by atoms with Gasteiger partial charge in [0, 0.05) is 10.7 Å². The molecule has 1 aromatic carbocycles. The van der Waals surface area contributed by atoms with Gasteiger partial charge in [0.15, 0.2) is 0 Å². The molecule has 22 heavy (non-hydrogen) atoms. The first-order valence-electron chi connectivity index (χ1n) is 7.09. The van der Waals surface area contributed by atoms with Crippen LogP contribution in [0.5, 0.6) is 0 Å². The van der Waals surface area contributed by atoms with E-state index in [2.05, 4.69) is 5.32 Å². The average molecular weight is 328 g/mol. The molecule has 1 unspecified atom stereocenters. The van der Waals surface area contributed by atoms with Crippen LogP contribution in [0.4, 0.5) is 10.5 Å². The van der Waals surface area contributed by atoms with Crippen LogP contribution in [0.15, 0.2) is 18.2 Å². The molecule has 1 aromatic rings. The SMILES string of the molecule is CC(CCc1cc(Cl)ccc1NC(=O)OC(C)(C)C)C(=O)O. The first-order valence-corrected chi connectivity index (χ1v) is 7.47. The molecule has 2 N–H and O–H groups in total. The summed E-state index contributed by atoms with van der Waals surface area (Å²) in [5, 5.41) is 12.2. The van der Waals surface area contributed by atoms with E-state index in [1.165, 1.54) is 0 Å². The largest absolute Gasteiger partial charge is 0.481 e. The number of amides is 1. The quantitative estimate of drug-likeness (QED) is 0.843. The van der Waals surface area contributed by atoms with Crippen LogP contribution >= 0.6 is 11.6 Å². The second kappa shape index (κ2) is 7.49. The van der Waals surface area contributed by atoms with Crippen molar-refractivity contribution < 1.29 is 19.4 Å². The zero-order chi connectivity index (χ0) is 16.9. The number of rotatable bonds is 5. The van der Waals surface area contributed by atoms with Gasteiger partial charge in [-0.2, -0.15) is 0 Å². The van der Waals surface area contributed by atoms with E-state index in [9.17, 15) is 9.59 Å². The van der Waals surface area contributed by atoms with Gasteiger partial charge < -0.3 is 9.84 Å². The molecule has 5 nitrogen and oxygen atoms in total. The number of aryl methyl sites for hydroxylation is 1. The molecule has 0 aliphatic carbocycles. The summed E-state index contributed by atoms with van der Waals surface area (Å²) < 4.78 is 5.21. The molecule has 0 spiro atoms. The van der Waals surface area contributed by atoms with Gasteiger partial charge in [-0.05, 0) is 57.4 Å². The Balaban J connectivity index is 2.82. The number of carboxylic acids is 1. The third kappa shape index (κ3) is 6.35. The Hall–Kier alpha value is -1.75. The van der Waals surface area contributed by atoms with Crippen molar-refractivity contribution >= 4 is 29.4 Å². The number of hydrogen-bond acceptors (Lipinski definition) is 3. The molecule has 0 bridgehead atoms. The highest BCUT2D eigenvalue weighted by molar-refractivity contribution is 6.30. The maximum Gasteiger partial charge on any atom is 0.412 e. The molecule has 0 heterocycles. The fraction of sp³-hybridized carbons (Fsp3) is 0.500. The average Bonchev–Trinajstić information content (AvgIpc) is 2.36. The topological polar surface area (TPSA) is 75.6 Å². The van der Waals surface area contributed by atoms with Gasteiger partial charge in [-0.3, -0.25) is 10.1 Å². The van der Waals surface area contributed by atoms with Crippen molar-refractivity contribution in [1.29, 1.82) is 0 Å². The molecule has 0 aliphatic heterocycles. The van der Waals surface area contributed by atoms with E-state index in [1.54, 1.807) is 45.9 Å². The Bertz CT molecular complexity index is 552. The van der Waals surface area contributed by atoms with Crippen LogP contribution in [-0.2, 0) is 16.0 Å². The van der Waals surface area contributed by atoms with Gasteiger partial charge in [0.25, 0.3) is 0 Å². The van der Waals surface area contributed by atoms with E-state index >= 15 is 0 Å². The van der Waals surface area contributed by atoms with Gasteiger partial charge in [-0.25, -0.2) is 4.79 Å². The highest BCUT2D eigenvalue weighted by Crippen LogP contribution is 2.24. The normalized spacial score (nSPS) is 12.6. The Kier molecular flexibility index (Phi) is 6.23. The monoisotopic (exact) mass is 327 g/mol. The summed E-state index contributed by atoms with van der Waals surface area (Å²) in [6, 6.07) is 5.08. The van der Waals surface area contributed by atoms with Crippen LogP contribution in [0, 0.1) is 5.92 Å². The van der Waals surface area contributed by atoms with Crippen molar-refractivity contribution in [3.05, 3.63) is 28.8 Å². The lowest BCUT2D eigenvalue weighted by molar-refractivity contribution is -0.141. The third-order valence-electron chi connectivity index (χ3n) is 2.97. The number of halogens is 1. The summed E-state index contributed by atoms with van der Waals surface area (Å²) in [7, 11) is 0. The molecular formula is C16H22ClNO4. The molecule has 1 rings (SSSR count). The number of carbonyl (C=O) groups is 2. The van der Waals surface area contributed by atoms with Crippen molar-refractivity contribution in [1.82, 2.24) is 0 Å². The Morgan fingerprint density at radius 3 is 2.55 bits per heavy atom. The van der Waals surface area contributed by atoms with Crippen LogP contribution in [-0.4, -0.2) is 22.8 Å². The van der Waals surface area contributed by atoms with Crippen molar-refractivity contribution in [3.8, 4) is 0 Å². The molecule has 0 fully saturated rings. The smallest absolute Gasteiger partial charge is 0.412 e.